The predicted octanol–water partition coefficient (Wildman–Crippen LogP) is 2.82. The van der Waals surface area contributed by atoms with Gasteiger partial charge >= 0.3 is 0 Å². The highest BCUT2D eigenvalue weighted by Crippen LogP contribution is 2.22. The molecule has 1 saturated heterocycles. The first-order valence-electron chi connectivity index (χ1n) is 7.19. The molecule has 3 atom stereocenters. The van der Waals surface area contributed by atoms with Gasteiger partial charge in [0.25, 0.3) is 0 Å². The molecule has 0 aromatic heterocycles. The molecule has 2 rings (SSSR count). The summed E-state index contributed by atoms with van der Waals surface area (Å²) in [6.07, 6.45) is 3.67. The molecule has 3 nitrogen and oxygen atoms in total. The lowest BCUT2D eigenvalue weighted by Gasteiger charge is -2.32. The largest absolute Gasteiger partial charge is 0.508 e. The summed E-state index contributed by atoms with van der Waals surface area (Å²) in [4.78, 5) is 2.46. The zero-order valence-electron chi connectivity index (χ0n) is 12.2. The Morgan fingerprint density at radius 2 is 2.05 bits per heavy atom. The minimum atomic E-state index is 0.339. The molecule has 0 aliphatic carbocycles. The molecule has 1 aromatic rings. The lowest BCUT2D eigenvalue weighted by atomic mass is 10.0. The highest BCUT2D eigenvalue weighted by atomic mass is 16.5. The highest BCUT2D eigenvalue weighted by molar-refractivity contribution is 5.25. The van der Waals surface area contributed by atoms with E-state index in [1.807, 2.05) is 12.1 Å². The molecule has 0 bridgehead atoms. The third-order valence-electron chi connectivity index (χ3n) is 4.34. The van der Waals surface area contributed by atoms with Crippen LogP contribution < -0.4 is 0 Å². The van der Waals surface area contributed by atoms with Crippen LogP contribution in [0.5, 0.6) is 5.75 Å². The second-order valence-electron chi connectivity index (χ2n) is 5.65. The molecule has 3 heteroatoms. The van der Waals surface area contributed by atoms with E-state index in [4.69, 9.17) is 4.74 Å². The zero-order chi connectivity index (χ0) is 13.8. The SMILES string of the molecule is CC1OCCC1N(C)C(C)CCc1ccc(O)cc1. The number of phenolic OH excluding ortho intramolecular Hbond substituents is 1. The van der Waals surface area contributed by atoms with Crippen LogP contribution in [0, 0.1) is 0 Å². The van der Waals surface area contributed by atoms with Crippen molar-refractivity contribution < 1.29 is 9.84 Å². The molecule has 1 aliphatic rings. The Bertz CT molecular complexity index is 390. The smallest absolute Gasteiger partial charge is 0.115 e. The summed E-state index contributed by atoms with van der Waals surface area (Å²) < 4.78 is 5.64. The van der Waals surface area contributed by atoms with Crippen LogP contribution in [-0.2, 0) is 11.2 Å². The fourth-order valence-electron chi connectivity index (χ4n) is 2.82. The predicted molar refractivity (Wildman–Crippen MR) is 77.5 cm³/mol. The quantitative estimate of drug-likeness (QED) is 0.886. The lowest BCUT2D eigenvalue weighted by molar-refractivity contribution is 0.0690. The molecule has 3 unspecified atom stereocenters. The Kier molecular flexibility index (Phi) is 4.83. The van der Waals surface area contributed by atoms with E-state index in [9.17, 15) is 5.11 Å². The van der Waals surface area contributed by atoms with Crippen LogP contribution in [0.2, 0.25) is 0 Å². The second kappa shape index (κ2) is 6.40. The van der Waals surface area contributed by atoms with Crippen molar-refractivity contribution in [3.63, 3.8) is 0 Å². The van der Waals surface area contributed by atoms with Gasteiger partial charge in [0.15, 0.2) is 0 Å². The number of hydrogen-bond acceptors (Lipinski definition) is 3. The molecule has 0 saturated carbocycles. The number of rotatable bonds is 5. The first-order valence-corrected chi connectivity index (χ1v) is 7.19. The first-order chi connectivity index (χ1) is 9.08. The van der Waals surface area contributed by atoms with Crippen LogP contribution in [0.4, 0.5) is 0 Å². The third kappa shape index (κ3) is 3.71. The number of nitrogens with zero attached hydrogens (tertiary/aromatic N) is 1. The monoisotopic (exact) mass is 263 g/mol. The van der Waals surface area contributed by atoms with Gasteiger partial charge in [-0.2, -0.15) is 0 Å². The van der Waals surface area contributed by atoms with Crippen LogP contribution in [-0.4, -0.2) is 41.8 Å². The van der Waals surface area contributed by atoms with Gasteiger partial charge in [-0.3, -0.25) is 4.90 Å². The number of aryl methyl sites for hydroxylation is 1. The molecule has 1 aliphatic heterocycles. The van der Waals surface area contributed by atoms with E-state index in [2.05, 4.69) is 25.8 Å². The second-order valence-corrected chi connectivity index (χ2v) is 5.65. The zero-order valence-corrected chi connectivity index (χ0v) is 12.2. The Morgan fingerprint density at radius 3 is 2.63 bits per heavy atom. The van der Waals surface area contributed by atoms with Crippen molar-refractivity contribution in [1.29, 1.82) is 0 Å². The molecule has 19 heavy (non-hydrogen) atoms. The van der Waals surface area contributed by atoms with Crippen molar-refractivity contribution in [2.45, 2.75) is 51.3 Å². The number of benzene rings is 1. The average molecular weight is 263 g/mol. The number of aromatic hydroxyl groups is 1. The Balaban J connectivity index is 1.83. The summed E-state index contributed by atoms with van der Waals surface area (Å²) in [6, 6.07) is 8.62. The van der Waals surface area contributed by atoms with Crippen molar-refractivity contribution in [2.75, 3.05) is 13.7 Å². The van der Waals surface area contributed by atoms with Gasteiger partial charge in [0.1, 0.15) is 5.75 Å². The average Bonchev–Trinajstić information content (AvgIpc) is 2.83. The molecule has 0 radical (unpaired) electrons. The summed E-state index contributed by atoms with van der Waals surface area (Å²) in [5, 5.41) is 9.27. The molecule has 0 spiro atoms. The summed E-state index contributed by atoms with van der Waals surface area (Å²) in [6.45, 7) is 5.34. The van der Waals surface area contributed by atoms with Crippen LogP contribution in [0.25, 0.3) is 0 Å². The summed E-state index contributed by atoms with van der Waals surface area (Å²) in [5.74, 6) is 0.339. The van der Waals surface area contributed by atoms with E-state index in [1.54, 1.807) is 12.1 Å². The number of phenols is 1. The normalized spacial score (nSPS) is 24.8. The first kappa shape index (κ1) is 14.4. The van der Waals surface area contributed by atoms with Crippen LogP contribution in [0.1, 0.15) is 32.3 Å². The van der Waals surface area contributed by atoms with Gasteiger partial charge in [-0.15, -0.1) is 0 Å². The maximum Gasteiger partial charge on any atom is 0.115 e. The molecule has 1 N–H and O–H groups in total. The van der Waals surface area contributed by atoms with Gasteiger partial charge in [-0.1, -0.05) is 12.1 Å². The standard InChI is InChI=1S/C16H25NO2/c1-12(17(3)16-10-11-19-13(16)2)4-5-14-6-8-15(18)9-7-14/h6-9,12-13,16,18H,4-5,10-11H2,1-3H3. The fraction of sp³-hybridized carbons (Fsp3) is 0.625. The van der Waals surface area contributed by atoms with E-state index in [1.165, 1.54) is 5.56 Å². The minimum absolute atomic E-state index is 0.339. The molecule has 1 fully saturated rings. The lowest BCUT2D eigenvalue weighted by Crippen LogP contribution is -2.42. The van der Waals surface area contributed by atoms with E-state index in [0.29, 0.717) is 23.9 Å². The molecular weight excluding hydrogens is 238 g/mol. The minimum Gasteiger partial charge on any atom is -0.508 e. The number of likely N-dealkylation sites (N-methyl/N-ethyl adjacent to an activating group) is 1. The summed E-state index contributed by atoms with van der Waals surface area (Å²) in [7, 11) is 2.21. The van der Waals surface area contributed by atoms with Gasteiger partial charge < -0.3 is 9.84 Å². The summed E-state index contributed by atoms with van der Waals surface area (Å²) in [5.41, 5.74) is 1.29. The highest BCUT2D eigenvalue weighted by Gasteiger charge is 2.29. The van der Waals surface area contributed by atoms with E-state index in [0.717, 1.165) is 25.9 Å². The van der Waals surface area contributed by atoms with Crippen molar-refractivity contribution in [2.24, 2.45) is 0 Å². The van der Waals surface area contributed by atoms with Crippen LogP contribution in [0.3, 0.4) is 0 Å². The molecule has 1 aromatic carbocycles. The van der Waals surface area contributed by atoms with Gasteiger partial charge in [-0.25, -0.2) is 0 Å². The van der Waals surface area contributed by atoms with E-state index >= 15 is 0 Å². The fourth-order valence-corrected chi connectivity index (χ4v) is 2.82. The van der Waals surface area contributed by atoms with Crippen molar-refractivity contribution >= 4 is 0 Å². The van der Waals surface area contributed by atoms with Gasteiger partial charge in [0.2, 0.25) is 0 Å². The molecule has 106 valence electrons. The van der Waals surface area contributed by atoms with E-state index < -0.39 is 0 Å². The Labute approximate surface area is 116 Å². The van der Waals surface area contributed by atoms with Gasteiger partial charge in [-0.05, 0) is 57.9 Å². The van der Waals surface area contributed by atoms with E-state index in [-0.39, 0.29) is 0 Å². The third-order valence-corrected chi connectivity index (χ3v) is 4.34. The van der Waals surface area contributed by atoms with Crippen molar-refractivity contribution in [1.82, 2.24) is 4.90 Å². The number of ether oxygens (including phenoxy) is 1. The molecule has 1 heterocycles. The maximum absolute atomic E-state index is 9.27. The van der Waals surface area contributed by atoms with Crippen molar-refractivity contribution in [3.8, 4) is 5.75 Å². The molecular formula is C16H25NO2. The van der Waals surface area contributed by atoms with Crippen LogP contribution >= 0.6 is 0 Å². The summed E-state index contributed by atoms with van der Waals surface area (Å²) >= 11 is 0. The van der Waals surface area contributed by atoms with Gasteiger partial charge in [0, 0.05) is 18.7 Å². The van der Waals surface area contributed by atoms with Crippen molar-refractivity contribution in [3.05, 3.63) is 29.8 Å². The van der Waals surface area contributed by atoms with Crippen LogP contribution in [0.15, 0.2) is 24.3 Å². The topological polar surface area (TPSA) is 32.7 Å². The Hall–Kier alpha value is -1.06. The Morgan fingerprint density at radius 1 is 1.37 bits per heavy atom. The number of hydrogen-bond donors (Lipinski definition) is 1. The molecule has 0 amide bonds. The maximum atomic E-state index is 9.27. The van der Waals surface area contributed by atoms with Gasteiger partial charge in [0.05, 0.1) is 6.10 Å².